The van der Waals surface area contributed by atoms with Crippen LogP contribution in [0, 0.1) is 0 Å². The molecule has 6 nitrogen and oxygen atoms in total. The van der Waals surface area contributed by atoms with Crippen LogP contribution in [0.2, 0.25) is 0 Å². The van der Waals surface area contributed by atoms with E-state index in [0.717, 1.165) is 27.4 Å². The molecule has 2 N–H and O–H groups in total. The fraction of sp³-hybridized carbons (Fsp3) is 0.348. The van der Waals surface area contributed by atoms with Gasteiger partial charge in [0, 0.05) is 11.7 Å². The Hall–Kier alpha value is -2.58. The van der Waals surface area contributed by atoms with E-state index in [1.165, 1.54) is 42.4 Å². The summed E-state index contributed by atoms with van der Waals surface area (Å²) in [5.74, 6) is 0.880. The van der Waals surface area contributed by atoms with E-state index >= 15 is 0 Å². The van der Waals surface area contributed by atoms with Crippen molar-refractivity contribution in [1.29, 1.82) is 0 Å². The molecule has 1 saturated carbocycles. The van der Waals surface area contributed by atoms with Crippen molar-refractivity contribution in [2.45, 2.75) is 42.5 Å². The zero-order chi connectivity index (χ0) is 21.5. The van der Waals surface area contributed by atoms with Gasteiger partial charge in [-0.2, -0.15) is 0 Å². The monoisotopic (exact) mass is 455 g/mol. The molecule has 8 heteroatoms. The Bertz CT molecular complexity index is 1030. The standard InChI is InChI=1S/C23H25N3O3S2/c27-21(14-29-18-9-5-2-6-10-18)25-17-11-12-19-20(13-17)31-23(26-19)30-15-22(28)24-16-7-3-1-4-8-16/h2,5-6,9-13,16H,1,3-4,7-8,14-15H2,(H,24,28)(H,25,27). The number of aromatic nitrogens is 1. The van der Waals surface area contributed by atoms with Crippen LogP contribution >= 0.6 is 23.1 Å². The van der Waals surface area contributed by atoms with Gasteiger partial charge in [0.1, 0.15) is 5.75 Å². The fourth-order valence-corrected chi connectivity index (χ4v) is 5.47. The number of ether oxygens (including phenoxy) is 1. The number of thiazole rings is 1. The molecular formula is C23H25N3O3S2. The predicted molar refractivity (Wildman–Crippen MR) is 126 cm³/mol. The van der Waals surface area contributed by atoms with Gasteiger partial charge in [0.25, 0.3) is 5.91 Å². The molecule has 1 heterocycles. The average molecular weight is 456 g/mol. The molecule has 3 aromatic rings. The van der Waals surface area contributed by atoms with Crippen LogP contribution in [0.5, 0.6) is 5.75 Å². The van der Waals surface area contributed by atoms with E-state index in [1.807, 2.05) is 48.5 Å². The van der Waals surface area contributed by atoms with Crippen LogP contribution in [-0.2, 0) is 9.59 Å². The highest BCUT2D eigenvalue weighted by molar-refractivity contribution is 8.01. The molecule has 1 aliphatic rings. The van der Waals surface area contributed by atoms with Gasteiger partial charge in [-0.1, -0.05) is 49.2 Å². The van der Waals surface area contributed by atoms with Crippen molar-refractivity contribution >= 4 is 50.8 Å². The van der Waals surface area contributed by atoms with Gasteiger partial charge in [0.2, 0.25) is 5.91 Å². The number of nitrogens with one attached hydrogen (secondary N) is 2. The van der Waals surface area contributed by atoms with E-state index in [-0.39, 0.29) is 18.4 Å². The van der Waals surface area contributed by atoms with Crippen LogP contribution in [0.4, 0.5) is 5.69 Å². The highest BCUT2D eigenvalue weighted by Gasteiger charge is 2.16. The fourth-order valence-electron chi connectivity index (χ4n) is 3.55. The molecule has 2 aromatic carbocycles. The minimum Gasteiger partial charge on any atom is -0.484 e. The second-order valence-electron chi connectivity index (χ2n) is 7.50. The Morgan fingerprint density at radius 3 is 2.68 bits per heavy atom. The number of carbonyl (C=O) groups excluding carboxylic acids is 2. The number of hydrogen-bond donors (Lipinski definition) is 2. The van der Waals surface area contributed by atoms with Gasteiger partial charge in [-0.3, -0.25) is 9.59 Å². The van der Waals surface area contributed by atoms with Gasteiger partial charge < -0.3 is 15.4 Å². The first-order valence-electron chi connectivity index (χ1n) is 10.5. The van der Waals surface area contributed by atoms with Gasteiger partial charge in [0.05, 0.1) is 16.0 Å². The molecule has 1 aromatic heterocycles. The molecule has 0 aliphatic heterocycles. The number of amides is 2. The maximum Gasteiger partial charge on any atom is 0.262 e. The van der Waals surface area contributed by atoms with E-state index in [0.29, 0.717) is 23.2 Å². The summed E-state index contributed by atoms with van der Waals surface area (Å²) < 4.78 is 7.30. The van der Waals surface area contributed by atoms with Crippen molar-refractivity contribution < 1.29 is 14.3 Å². The maximum atomic E-state index is 12.2. The van der Waals surface area contributed by atoms with Crippen LogP contribution in [0.1, 0.15) is 32.1 Å². The lowest BCUT2D eigenvalue weighted by Crippen LogP contribution is -2.37. The number of hydrogen-bond acceptors (Lipinski definition) is 6. The van der Waals surface area contributed by atoms with E-state index in [1.54, 1.807) is 0 Å². The first kappa shape index (κ1) is 21.6. The molecule has 2 amide bonds. The lowest BCUT2D eigenvalue weighted by Gasteiger charge is -2.22. The Morgan fingerprint density at radius 2 is 1.87 bits per heavy atom. The van der Waals surface area contributed by atoms with Crippen LogP contribution in [0.15, 0.2) is 52.9 Å². The number of nitrogens with zero attached hydrogens (tertiary/aromatic N) is 1. The molecule has 4 rings (SSSR count). The summed E-state index contributed by atoms with van der Waals surface area (Å²) in [5, 5.41) is 5.99. The van der Waals surface area contributed by atoms with Gasteiger partial charge in [-0.05, 0) is 43.2 Å². The highest BCUT2D eigenvalue weighted by Crippen LogP contribution is 2.31. The zero-order valence-electron chi connectivity index (χ0n) is 17.1. The minimum atomic E-state index is -0.221. The number of thioether (sulfide) groups is 1. The maximum absolute atomic E-state index is 12.2. The second kappa shape index (κ2) is 10.6. The minimum absolute atomic E-state index is 0.0536. The van der Waals surface area contributed by atoms with Gasteiger partial charge >= 0.3 is 0 Å². The lowest BCUT2D eigenvalue weighted by molar-refractivity contribution is -0.119. The van der Waals surface area contributed by atoms with Crippen LogP contribution in [0.3, 0.4) is 0 Å². The van der Waals surface area contributed by atoms with Gasteiger partial charge in [0.15, 0.2) is 10.9 Å². The van der Waals surface area contributed by atoms with Crippen LogP contribution in [-0.4, -0.2) is 35.2 Å². The first-order chi connectivity index (χ1) is 15.2. The van der Waals surface area contributed by atoms with Crippen molar-refractivity contribution in [3.63, 3.8) is 0 Å². The Balaban J connectivity index is 1.28. The number of rotatable bonds is 8. The summed E-state index contributed by atoms with van der Waals surface area (Å²) in [6.07, 6.45) is 5.85. The van der Waals surface area contributed by atoms with Crippen LogP contribution in [0.25, 0.3) is 10.2 Å². The Morgan fingerprint density at radius 1 is 1.06 bits per heavy atom. The normalized spacial score (nSPS) is 14.3. The predicted octanol–water partition coefficient (Wildman–Crippen LogP) is 4.85. The van der Waals surface area contributed by atoms with Crippen molar-refractivity contribution in [2.75, 3.05) is 17.7 Å². The molecule has 1 aliphatic carbocycles. The van der Waals surface area contributed by atoms with E-state index in [4.69, 9.17) is 4.74 Å². The molecule has 1 fully saturated rings. The molecule has 0 spiro atoms. The second-order valence-corrected chi connectivity index (χ2v) is 9.76. The molecule has 31 heavy (non-hydrogen) atoms. The highest BCUT2D eigenvalue weighted by atomic mass is 32.2. The third-order valence-corrected chi connectivity index (χ3v) is 7.22. The summed E-state index contributed by atoms with van der Waals surface area (Å²) in [7, 11) is 0. The molecule has 0 bridgehead atoms. The Kier molecular flexibility index (Phi) is 7.43. The van der Waals surface area contributed by atoms with Gasteiger partial charge in [-0.15, -0.1) is 11.3 Å². The summed E-state index contributed by atoms with van der Waals surface area (Å²) in [6, 6.07) is 15.2. The number of anilines is 1. The smallest absolute Gasteiger partial charge is 0.262 e. The number of benzene rings is 2. The topological polar surface area (TPSA) is 80.3 Å². The molecular weight excluding hydrogens is 430 g/mol. The summed E-state index contributed by atoms with van der Waals surface area (Å²) in [5.41, 5.74) is 1.56. The Labute approximate surface area is 189 Å². The lowest BCUT2D eigenvalue weighted by atomic mass is 9.95. The average Bonchev–Trinajstić information content (AvgIpc) is 3.20. The van der Waals surface area contributed by atoms with Crippen LogP contribution < -0.4 is 15.4 Å². The van der Waals surface area contributed by atoms with Crippen molar-refractivity contribution in [3.8, 4) is 5.75 Å². The first-order valence-corrected chi connectivity index (χ1v) is 12.3. The van der Waals surface area contributed by atoms with E-state index < -0.39 is 0 Å². The summed E-state index contributed by atoms with van der Waals surface area (Å²) in [4.78, 5) is 29.0. The van der Waals surface area contributed by atoms with Crippen molar-refractivity contribution in [3.05, 3.63) is 48.5 Å². The van der Waals surface area contributed by atoms with Crippen molar-refractivity contribution in [2.24, 2.45) is 0 Å². The molecule has 0 unspecified atom stereocenters. The summed E-state index contributed by atoms with van der Waals surface area (Å²) in [6.45, 7) is -0.0536. The summed E-state index contributed by atoms with van der Waals surface area (Å²) >= 11 is 2.98. The van der Waals surface area contributed by atoms with E-state index in [9.17, 15) is 9.59 Å². The third kappa shape index (κ3) is 6.45. The van der Waals surface area contributed by atoms with Gasteiger partial charge in [-0.25, -0.2) is 4.98 Å². The molecule has 0 saturated heterocycles. The largest absolute Gasteiger partial charge is 0.484 e. The van der Waals surface area contributed by atoms with E-state index in [2.05, 4.69) is 15.6 Å². The molecule has 0 radical (unpaired) electrons. The molecule has 162 valence electrons. The SMILES string of the molecule is O=C(COc1ccccc1)Nc1ccc2nc(SCC(=O)NC3CCCCC3)sc2c1. The number of fused-ring (bicyclic) bond motifs is 1. The number of carbonyl (C=O) groups is 2. The quantitative estimate of drug-likeness (QED) is 0.475. The third-order valence-electron chi connectivity index (χ3n) is 5.06. The van der Waals surface area contributed by atoms with Crippen molar-refractivity contribution in [1.82, 2.24) is 10.3 Å². The number of para-hydroxylation sites is 1. The zero-order valence-corrected chi connectivity index (χ0v) is 18.8. The molecule has 0 atom stereocenters.